The average molecular weight is 319 g/mol. The van der Waals surface area contributed by atoms with Gasteiger partial charge in [-0.3, -0.25) is 9.80 Å². The van der Waals surface area contributed by atoms with E-state index in [1.54, 1.807) is 11.3 Å². The lowest BCUT2D eigenvalue weighted by atomic mass is 10.2. The lowest BCUT2D eigenvalue weighted by molar-refractivity contribution is 0.0781. The molecule has 1 aliphatic heterocycles. The van der Waals surface area contributed by atoms with Crippen LogP contribution in [0.4, 0.5) is 0 Å². The van der Waals surface area contributed by atoms with Crippen molar-refractivity contribution in [2.75, 3.05) is 32.7 Å². The van der Waals surface area contributed by atoms with Gasteiger partial charge in [0.25, 0.3) is 0 Å². The standard InChI is InChI=1S/C12H19BrN2OS/c1-10(16)7-14-2-4-15(5-3-14)8-11-6-12(13)17-9-11/h6,9-10,16H,2-5,7-8H2,1H3. The van der Waals surface area contributed by atoms with Crippen molar-refractivity contribution in [1.82, 2.24) is 9.80 Å². The van der Waals surface area contributed by atoms with E-state index in [9.17, 15) is 5.11 Å². The second-order valence-corrected chi connectivity index (χ2v) is 6.98. The maximum Gasteiger partial charge on any atom is 0.0701 e. The van der Waals surface area contributed by atoms with E-state index in [0.717, 1.165) is 39.3 Å². The average Bonchev–Trinajstić information content (AvgIpc) is 2.66. The molecule has 1 N–H and O–H groups in total. The molecule has 2 heterocycles. The highest BCUT2D eigenvalue weighted by molar-refractivity contribution is 9.11. The zero-order valence-corrected chi connectivity index (χ0v) is 12.5. The van der Waals surface area contributed by atoms with Crippen LogP contribution in [0.2, 0.25) is 0 Å². The molecule has 1 atom stereocenters. The van der Waals surface area contributed by atoms with Crippen LogP contribution in [0.3, 0.4) is 0 Å². The molecule has 96 valence electrons. The number of β-amino-alcohol motifs (C(OH)–C–C–N with tert-alkyl or cyclic N) is 1. The summed E-state index contributed by atoms with van der Waals surface area (Å²) in [7, 11) is 0. The Morgan fingerprint density at radius 2 is 2.00 bits per heavy atom. The topological polar surface area (TPSA) is 26.7 Å². The first-order valence-electron chi connectivity index (χ1n) is 5.99. The Labute approximate surface area is 115 Å². The summed E-state index contributed by atoms with van der Waals surface area (Å²) < 4.78 is 1.21. The normalized spacial score (nSPS) is 20.6. The second kappa shape index (κ2) is 6.29. The zero-order chi connectivity index (χ0) is 12.3. The Kier molecular flexibility index (Phi) is 4.99. The third-order valence-corrected chi connectivity index (χ3v) is 4.57. The third-order valence-electron chi connectivity index (χ3n) is 3.02. The largest absolute Gasteiger partial charge is 0.392 e. The van der Waals surface area contributed by atoms with Crippen molar-refractivity contribution in [2.45, 2.75) is 19.6 Å². The van der Waals surface area contributed by atoms with Gasteiger partial charge in [0, 0.05) is 39.3 Å². The van der Waals surface area contributed by atoms with Crippen molar-refractivity contribution in [1.29, 1.82) is 0 Å². The molecule has 17 heavy (non-hydrogen) atoms. The molecule has 0 radical (unpaired) electrons. The summed E-state index contributed by atoms with van der Waals surface area (Å²) in [6.07, 6.45) is -0.214. The van der Waals surface area contributed by atoms with Crippen LogP contribution in [-0.2, 0) is 6.54 Å². The van der Waals surface area contributed by atoms with Gasteiger partial charge < -0.3 is 5.11 Å². The first kappa shape index (κ1) is 13.5. The Bertz CT molecular complexity index is 348. The summed E-state index contributed by atoms with van der Waals surface area (Å²) in [5.41, 5.74) is 1.39. The van der Waals surface area contributed by atoms with Gasteiger partial charge in [-0.05, 0) is 39.9 Å². The highest BCUT2D eigenvalue weighted by Crippen LogP contribution is 2.22. The number of nitrogens with zero attached hydrogens (tertiary/aromatic N) is 2. The molecule has 5 heteroatoms. The fourth-order valence-corrected chi connectivity index (χ4v) is 3.39. The maximum atomic E-state index is 9.35. The number of hydrogen-bond acceptors (Lipinski definition) is 4. The van der Waals surface area contributed by atoms with E-state index in [0.29, 0.717) is 0 Å². The van der Waals surface area contributed by atoms with Gasteiger partial charge in [-0.25, -0.2) is 0 Å². The second-order valence-electron chi connectivity index (χ2n) is 4.68. The zero-order valence-electron chi connectivity index (χ0n) is 10.1. The van der Waals surface area contributed by atoms with Crippen molar-refractivity contribution >= 4 is 27.3 Å². The molecule has 0 amide bonds. The molecular weight excluding hydrogens is 300 g/mol. The van der Waals surface area contributed by atoms with Gasteiger partial charge in [-0.1, -0.05) is 0 Å². The fourth-order valence-electron chi connectivity index (χ4n) is 2.19. The number of rotatable bonds is 4. The van der Waals surface area contributed by atoms with E-state index >= 15 is 0 Å². The SMILES string of the molecule is CC(O)CN1CCN(Cc2csc(Br)c2)CC1. The maximum absolute atomic E-state index is 9.35. The summed E-state index contributed by atoms with van der Waals surface area (Å²) >= 11 is 5.25. The highest BCUT2D eigenvalue weighted by atomic mass is 79.9. The van der Waals surface area contributed by atoms with Crippen molar-refractivity contribution in [3.63, 3.8) is 0 Å². The number of piperazine rings is 1. The molecule has 1 aromatic heterocycles. The molecule has 0 spiro atoms. The van der Waals surface area contributed by atoms with Crippen LogP contribution >= 0.6 is 27.3 Å². The van der Waals surface area contributed by atoms with Crippen LogP contribution in [0.25, 0.3) is 0 Å². The predicted molar refractivity (Wildman–Crippen MR) is 75.4 cm³/mol. The minimum Gasteiger partial charge on any atom is -0.392 e. The Morgan fingerprint density at radius 1 is 1.35 bits per heavy atom. The van der Waals surface area contributed by atoms with Gasteiger partial charge in [-0.2, -0.15) is 0 Å². The summed E-state index contributed by atoms with van der Waals surface area (Å²) in [6, 6.07) is 2.20. The molecule has 0 saturated carbocycles. The van der Waals surface area contributed by atoms with E-state index in [-0.39, 0.29) is 6.10 Å². The summed E-state index contributed by atoms with van der Waals surface area (Å²) in [4.78, 5) is 4.82. The number of halogens is 1. The first-order valence-corrected chi connectivity index (χ1v) is 7.66. The fraction of sp³-hybridized carbons (Fsp3) is 0.667. The van der Waals surface area contributed by atoms with Gasteiger partial charge >= 0.3 is 0 Å². The number of hydrogen-bond donors (Lipinski definition) is 1. The number of aliphatic hydroxyl groups is 1. The van der Waals surface area contributed by atoms with Crippen molar-refractivity contribution < 1.29 is 5.11 Å². The molecular formula is C12H19BrN2OS. The van der Waals surface area contributed by atoms with Gasteiger partial charge in [-0.15, -0.1) is 11.3 Å². The van der Waals surface area contributed by atoms with Crippen LogP contribution in [0, 0.1) is 0 Å². The van der Waals surface area contributed by atoms with Crippen LogP contribution in [-0.4, -0.2) is 53.7 Å². The Morgan fingerprint density at radius 3 is 2.53 bits per heavy atom. The first-order chi connectivity index (χ1) is 8.13. The van der Waals surface area contributed by atoms with Crippen LogP contribution in [0.15, 0.2) is 15.2 Å². The predicted octanol–water partition coefficient (Wildman–Crippen LogP) is 2.01. The van der Waals surface area contributed by atoms with Crippen LogP contribution in [0.5, 0.6) is 0 Å². The van der Waals surface area contributed by atoms with Gasteiger partial charge in [0.15, 0.2) is 0 Å². The molecule has 1 aromatic rings. The minimum absolute atomic E-state index is 0.214. The molecule has 0 bridgehead atoms. The van der Waals surface area contributed by atoms with Crippen molar-refractivity contribution in [3.05, 3.63) is 20.8 Å². The third kappa shape index (κ3) is 4.34. The molecule has 3 nitrogen and oxygen atoms in total. The van der Waals surface area contributed by atoms with Crippen LogP contribution < -0.4 is 0 Å². The number of thiophene rings is 1. The van der Waals surface area contributed by atoms with Crippen LogP contribution in [0.1, 0.15) is 12.5 Å². The monoisotopic (exact) mass is 318 g/mol. The summed E-state index contributed by atoms with van der Waals surface area (Å²) in [6.45, 7) is 8.03. The molecule has 1 fully saturated rings. The Balaban J connectivity index is 1.75. The van der Waals surface area contributed by atoms with Gasteiger partial charge in [0.1, 0.15) is 0 Å². The lowest BCUT2D eigenvalue weighted by Gasteiger charge is -2.35. The van der Waals surface area contributed by atoms with Gasteiger partial charge in [0.2, 0.25) is 0 Å². The Hall–Kier alpha value is 0.0600. The molecule has 0 aromatic carbocycles. The molecule has 1 aliphatic rings. The molecule has 2 rings (SSSR count). The van der Waals surface area contributed by atoms with Gasteiger partial charge in [0.05, 0.1) is 9.89 Å². The number of aliphatic hydroxyl groups excluding tert-OH is 1. The molecule has 0 aliphatic carbocycles. The molecule has 1 saturated heterocycles. The van der Waals surface area contributed by atoms with E-state index in [1.165, 1.54) is 9.35 Å². The molecule has 1 unspecified atom stereocenters. The highest BCUT2D eigenvalue weighted by Gasteiger charge is 2.18. The lowest BCUT2D eigenvalue weighted by Crippen LogP contribution is -2.47. The van der Waals surface area contributed by atoms with E-state index in [4.69, 9.17) is 0 Å². The van der Waals surface area contributed by atoms with Crippen molar-refractivity contribution in [3.8, 4) is 0 Å². The quantitative estimate of drug-likeness (QED) is 0.920. The van der Waals surface area contributed by atoms with E-state index in [2.05, 4.69) is 37.2 Å². The van der Waals surface area contributed by atoms with E-state index in [1.807, 2.05) is 6.92 Å². The summed E-state index contributed by atoms with van der Waals surface area (Å²) in [5.74, 6) is 0. The minimum atomic E-state index is -0.214. The summed E-state index contributed by atoms with van der Waals surface area (Å²) in [5, 5.41) is 11.6. The van der Waals surface area contributed by atoms with Crippen molar-refractivity contribution in [2.24, 2.45) is 0 Å². The smallest absolute Gasteiger partial charge is 0.0701 e. The van der Waals surface area contributed by atoms with E-state index < -0.39 is 0 Å².